The minimum absolute atomic E-state index is 0.203. The zero-order valence-electron chi connectivity index (χ0n) is 8.87. The Balaban J connectivity index is 2.44. The summed E-state index contributed by atoms with van der Waals surface area (Å²) in [6.45, 7) is 4.85. The Bertz CT molecular complexity index is 474. The third-order valence-corrected chi connectivity index (χ3v) is 2.46. The molecular weight excluding hydrogens is 191 g/mol. The zero-order chi connectivity index (χ0) is 10.8. The SMILES string of the molecule is CCn1cnc(-c2ccc(F)cc2C)c1. The Labute approximate surface area is 88.4 Å². The van der Waals surface area contributed by atoms with Crippen molar-refractivity contribution in [2.24, 2.45) is 0 Å². The van der Waals surface area contributed by atoms with Gasteiger partial charge in [0.25, 0.3) is 0 Å². The van der Waals surface area contributed by atoms with Gasteiger partial charge in [-0.3, -0.25) is 0 Å². The molecule has 0 aliphatic heterocycles. The van der Waals surface area contributed by atoms with E-state index in [-0.39, 0.29) is 5.82 Å². The fourth-order valence-electron chi connectivity index (χ4n) is 1.59. The maximum Gasteiger partial charge on any atom is 0.123 e. The van der Waals surface area contributed by atoms with Gasteiger partial charge in [-0.15, -0.1) is 0 Å². The fraction of sp³-hybridized carbons (Fsp3) is 0.250. The highest BCUT2D eigenvalue weighted by molar-refractivity contribution is 5.62. The van der Waals surface area contributed by atoms with Gasteiger partial charge in [-0.05, 0) is 37.6 Å². The number of hydrogen-bond donors (Lipinski definition) is 0. The Hall–Kier alpha value is -1.64. The van der Waals surface area contributed by atoms with Crippen LogP contribution >= 0.6 is 0 Å². The van der Waals surface area contributed by atoms with Crippen LogP contribution < -0.4 is 0 Å². The Morgan fingerprint density at radius 3 is 2.80 bits per heavy atom. The van der Waals surface area contributed by atoms with Crippen LogP contribution in [0.15, 0.2) is 30.7 Å². The molecule has 0 bridgehead atoms. The first-order valence-electron chi connectivity index (χ1n) is 4.99. The van der Waals surface area contributed by atoms with Gasteiger partial charge in [0.15, 0.2) is 0 Å². The van der Waals surface area contributed by atoms with E-state index in [4.69, 9.17) is 0 Å². The summed E-state index contributed by atoms with van der Waals surface area (Å²) < 4.78 is 14.9. The first-order valence-corrected chi connectivity index (χ1v) is 4.99. The molecule has 0 aliphatic rings. The minimum Gasteiger partial charge on any atom is -0.337 e. The number of nitrogens with zero attached hydrogens (tertiary/aromatic N) is 2. The number of halogens is 1. The van der Waals surface area contributed by atoms with Crippen LogP contribution in [0.1, 0.15) is 12.5 Å². The summed E-state index contributed by atoms with van der Waals surface area (Å²) in [4.78, 5) is 4.29. The van der Waals surface area contributed by atoms with Gasteiger partial charge < -0.3 is 4.57 Å². The second-order valence-corrected chi connectivity index (χ2v) is 3.55. The summed E-state index contributed by atoms with van der Waals surface area (Å²) in [6, 6.07) is 4.76. The molecule has 0 radical (unpaired) electrons. The lowest BCUT2D eigenvalue weighted by Gasteiger charge is -2.01. The third kappa shape index (κ3) is 1.91. The van der Waals surface area contributed by atoms with Crippen molar-refractivity contribution in [3.8, 4) is 11.3 Å². The lowest BCUT2D eigenvalue weighted by atomic mass is 10.1. The van der Waals surface area contributed by atoms with Crippen LogP contribution in [0.3, 0.4) is 0 Å². The maximum atomic E-state index is 12.9. The van der Waals surface area contributed by atoms with Gasteiger partial charge in [-0.2, -0.15) is 0 Å². The summed E-state index contributed by atoms with van der Waals surface area (Å²) in [5.41, 5.74) is 2.80. The van der Waals surface area contributed by atoms with Crippen molar-refractivity contribution < 1.29 is 4.39 Å². The average molecular weight is 204 g/mol. The smallest absolute Gasteiger partial charge is 0.123 e. The molecule has 1 aromatic carbocycles. The molecule has 0 spiro atoms. The summed E-state index contributed by atoms with van der Waals surface area (Å²) in [5.74, 6) is -0.203. The molecule has 78 valence electrons. The van der Waals surface area contributed by atoms with E-state index >= 15 is 0 Å². The lowest BCUT2D eigenvalue weighted by molar-refractivity contribution is 0.627. The van der Waals surface area contributed by atoms with Crippen LogP contribution in [0, 0.1) is 12.7 Å². The summed E-state index contributed by atoms with van der Waals surface area (Å²) in [7, 11) is 0. The van der Waals surface area contributed by atoms with Crippen LogP contribution in [-0.4, -0.2) is 9.55 Å². The highest BCUT2D eigenvalue weighted by Crippen LogP contribution is 2.21. The van der Waals surface area contributed by atoms with Gasteiger partial charge in [0.05, 0.1) is 12.0 Å². The summed E-state index contributed by atoms with van der Waals surface area (Å²) >= 11 is 0. The van der Waals surface area contributed by atoms with Gasteiger partial charge in [0.1, 0.15) is 5.82 Å². The van der Waals surface area contributed by atoms with Crippen LogP contribution in [-0.2, 0) is 6.54 Å². The molecule has 0 fully saturated rings. The molecule has 0 unspecified atom stereocenters. The number of benzene rings is 1. The molecule has 0 saturated carbocycles. The van der Waals surface area contributed by atoms with E-state index in [9.17, 15) is 4.39 Å². The van der Waals surface area contributed by atoms with E-state index in [0.717, 1.165) is 23.4 Å². The van der Waals surface area contributed by atoms with Gasteiger partial charge in [-0.1, -0.05) is 0 Å². The first kappa shape index (κ1) is 9.90. The molecule has 0 N–H and O–H groups in total. The van der Waals surface area contributed by atoms with Crippen LogP contribution in [0.5, 0.6) is 0 Å². The number of imidazole rings is 1. The zero-order valence-corrected chi connectivity index (χ0v) is 8.87. The van der Waals surface area contributed by atoms with Crippen molar-refractivity contribution in [2.75, 3.05) is 0 Å². The Morgan fingerprint density at radius 2 is 2.20 bits per heavy atom. The Kier molecular flexibility index (Phi) is 2.54. The largest absolute Gasteiger partial charge is 0.337 e. The molecule has 2 aromatic rings. The van der Waals surface area contributed by atoms with Crippen molar-refractivity contribution in [1.29, 1.82) is 0 Å². The second-order valence-electron chi connectivity index (χ2n) is 3.55. The first-order chi connectivity index (χ1) is 7.20. The predicted molar refractivity (Wildman–Crippen MR) is 58.0 cm³/mol. The normalized spacial score (nSPS) is 10.6. The molecular formula is C12H13FN2. The Morgan fingerprint density at radius 1 is 1.40 bits per heavy atom. The highest BCUT2D eigenvalue weighted by Gasteiger charge is 2.05. The number of rotatable bonds is 2. The van der Waals surface area contributed by atoms with Gasteiger partial charge >= 0.3 is 0 Å². The number of hydrogen-bond acceptors (Lipinski definition) is 1. The van der Waals surface area contributed by atoms with Crippen molar-refractivity contribution in [3.05, 3.63) is 42.1 Å². The molecule has 15 heavy (non-hydrogen) atoms. The van der Waals surface area contributed by atoms with E-state index in [2.05, 4.69) is 11.9 Å². The van der Waals surface area contributed by atoms with E-state index in [0.29, 0.717) is 0 Å². The van der Waals surface area contributed by atoms with E-state index in [1.165, 1.54) is 12.1 Å². The monoisotopic (exact) mass is 204 g/mol. The second kappa shape index (κ2) is 3.85. The number of aryl methyl sites for hydroxylation is 2. The summed E-state index contributed by atoms with van der Waals surface area (Å²) in [6.07, 6.45) is 3.76. The topological polar surface area (TPSA) is 17.8 Å². The van der Waals surface area contributed by atoms with Gasteiger partial charge in [-0.25, -0.2) is 9.37 Å². The highest BCUT2D eigenvalue weighted by atomic mass is 19.1. The van der Waals surface area contributed by atoms with Gasteiger partial charge in [0.2, 0.25) is 0 Å². The fourth-order valence-corrected chi connectivity index (χ4v) is 1.59. The van der Waals surface area contributed by atoms with E-state index < -0.39 is 0 Å². The molecule has 0 aliphatic carbocycles. The van der Waals surface area contributed by atoms with E-state index in [1.54, 1.807) is 12.4 Å². The molecule has 0 atom stereocenters. The van der Waals surface area contributed by atoms with Crippen LogP contribution in [0.2, 0.25) is 0 Å². The average Bonchev–Trinajstić information content (AvgIpc) is 2.66. The maximum absolute atomic E-state index is 12.9. The molecule has 3 heteroatoms. The van der Waals surface area contributed by atoms with Crippen LogP contribution in [0.4, 0.5) is 4.39 Å². The van der Waals surface area contributed by atoms with Crippen molar-refractivity contribution in [3.63, 3.8) is 0 Å². The van der Waals surface area contributed by atoms with Crippen LogP contribution in [0.25, 0.3) is 11.3 Å². The number of aromatic nitrogens is 2. The van der Waals surface area contributed by atoms with Crippen molar-refractivity contribution in [1.82, 2.24) is 9.55 Å². The molecule has 2 nitrogen and oxygen atoms in total. The van der Waals surface area contributed by atoms with E-state index in [1.807, 2.05) is 17.7 Å². The molecule has 1 heterocycles. The third-order valence-electron chi connectivity index (χ3n) is 2.46. The molecule has 1 aromatic heterocycles. The minimum atomic E-state index is -0.203. The lowest BCUT2D eigenvalue weighted by Crippen LogP contribution is -1.87. The summed E-state index contributed by atoms with van der Waals surface area (Å²) in [5, 5.41) is 0. The molecule has 0 saturated heterocycles. The van der Waals surface area contributed by atoms with Crippen molar-refractivity contribution in [2.45, 2.75) is 20.4 Å². The predicted octanol–water partition coefficient (Wildman–Crippen LogP) is 3.02. The standard InChI is InChI=1S/C12H13FN2/c1-3-15-7-12(14-8-15)11-5-4-10(13)6-9(11)2/h4-8H,3H2,1-2H3. The quantitative estimate of drug-likeness (QED) is 0.735. The van der Waals surface area contributed by atoms with Gasteiger partial charge in [0, 0.05) is 18.3 Å². The molecule has 0 amide bonds. The molecule has 2 rings (SSSR count). The van der Waals surface area contributed by atoms with Crippen molar-refractivity contribution >= 4 is 0 Å².